The molecule has 6 heteroatoms. The van der Waals surface area contributed by atoms with Crippen molar-refractivity contribution < 1.29 is 4.52 Å². The van der Waals surface area contributed by atoms with Crippen LogP contribution in [0.25, 0.3) is 11.5 Å². The van der Waals surface area contributed by atoms with Gasteiger partial charge in [0, 0.05) is 23.6 Å². The minimum Gasteiger partial charge on any atom is -0.334 e. The van der Waals surface area contributed by atoms with E-state index in [4.69, 9.17) is 9.78 Å². The molecule has 1 aromatic heterocycles. The van der Waals surface area contributed by atoms with Crippen LogP contribution in [0.15, 0.2) is 28.8 Å². The number of hydrogen-bond donors (Lipinski definition) is 0. The van der Waals surface area contributed by atoms with Crippen molar-refractivity contribution in [1.29, 1.82) is 5.26 Å². The van der Waals surface area contributed by atoms with Crippen LogP contribution < -0.4 is 0 Å². The van der Waals surface area contributed by atoms with E-state index in [9.17, 15) is 0 Å². The molecule has 0 bridgehead atoms. The van der Waals surface area contributed by atoms with Gasteiger partial charge in [-0.05, 0) is 31.3 Å². The highest BCUT2D eigenvalue weighted by Crippen LogP contribution is 2.28. The molecule has 0 saturated carbocycles. The van der Waals surface area contributed by atoms with Crippen LogP contribution in [-0.2, 0) is 0 Å². The summed E-state index contributed by atoms with van der Waals surface area (Å²) < 4.78 is 5.35. The fourth-order valence-corrected chi connectivity index (χ4v) is 3.34. The number of nitriles is 1. The molecule has 0 radical (unpaired) electrons. The zero-order chi connectivity index (χ0) is 13.9. The van der Waals surface area contributed by atoms with Crippen molar-refractivity contribution in [2.45, 2.75) is 6.04 Å². The maximum atomic E-state index is 8.79. The molecule has 3 rings (SSSR count). The predicted octanol–water partition coefficient (Wildman–Crippen LogP) is 2.33. The van der Waals surface area contributed by atoms with Gasteiger partial charge >= 0.3 is 0 Å². The highest BCUT2D eigenvalue weighted by Gasteiger charge is 2.25. The van der Waals surface area contributed by atoms with Crippen LogP contribution in [0.4, 0.5) is 0 Å². The Labute approximate surface area is 121 Å². The first-order chi connectivity index (χ1) is 9.78. The summed E-state index contributed by atoms with van der Waals surface area (Å²) in [5, 5.41) is 12.9. The average Bonchev–Trinajstić information content (AvgIpc) is 2.97. The van der Waals surface area contributed by atoms with Gasteiger partial charge in [0.15, 0.2) is 5.82 Å². The molecule has 0 N–H and O–H groups in total. The first-order valence-corrected chi connectivity index (χ1v) is 7.55. The number of aromatic nitrogens is 2. The predicted molar refractivity (Wildman–Crippen MR) is 77.1 cm³/mol. The molecule has 2 heterocycles. The Bertz CT molecular complexity index is 631. The second kappa shape index (κ2) is 5.65. The highest BCUT2D eigenvalue weighted by molar-refractivity contribution is 7.99. The average molecular weight is 286 g/mol. The van der Waals surface area contributed by atoms with E-state index in [0.717, 1.165) is 29.4 Å². The van der Waals surface area contributed by atoms with Gasteiger partial charge in [-0.3, -0.25) is 4.90 Å². The third-order valence-electron chi connectivity index (χ3n) is 3.40. The largest absolute Gasteiger partial charge is 0.334 e. The highest BCUT2D eigenvalue weighted by atomic mass is 32.2. The van der Waals surface area contributed by atoms with E-state index < -0.39 is 0 Å². The fourth-order valence-electron chi connectivity index (χ4n) is 2.13. The molecule has 1 atom stereocenters. The van der Waals surface area contributed by atoms with E-state index in [1.54, 1.807) is 12.1 Å². The van der Waals surface area contributed by atoms with Gasteiger partial charge in [-0.25, -0.2) is 0 Å². The van der Waals surface area contributed by atoms with Gasteiger partial charge in [0.1, 0.15) is 0 Å². The quantitative estimate of drug-likeness (QED) is 0.844. The summed E-state index contributed by atoms with van der Waals surface area (Å²) in [6.07, 6.45) is 0. The summed E-state index contributed by atoms with van der Waals surface area (Å²) >= 11 is 1.91. The molecule has 1 aromatic carbocycles. The van der Waals surface area contributed by atoms with E-state index in [0.29, 0.717) is 11.5 Å². The lowest BCUT2D eigenvalue weighted by molar-refractivity contribution is 0.257. The smallest absolute Gasteiger partial charge is 0.257 e. The van der Waals surface area contributed by atoms with E-state index in [-0.39, 0.29) is 6.04 Å². The molecule has 2 aromatic rings. The van der Waals surface area contributed by atoms with Crippen LogP contribution in [0, 0.1) is 11.3 Å². The second-order valence-corrected chi connectivity index (χ2v) is 5.87. The zero-order valence-electron chi connectivity index (χ0n) is 11.1. The Morgan fingerprint density at radius 2 is 2.20 bits per heavy atom. The van der Waals surface area contributed by atoms with Crippen LogP contribution >= 0.6 is 11.8 Å². The lowest BCUT2D eigenvalue weighted by Gasteiger charge is -2.29. The van der Waals surface area contributed by atoms with Crippen LogP contribution in [0.1, 0.15) is 17.4 Å². The SMILES string of the molecule is CN1CCSCC1c1noc(-c2ccc(C#N)cc2)n1. The standard InChI is InChI=1S/C14H14N4OS/c1-18-6-7-20-9-12(18)13-16-14(19-17-13)11-4-2-10(8-15)3-5-11/h2-5,12H,6-7,9H2,1H3. The van der Waals surface area contributed by atoms with Crippen molar-refractivity contribution in [3.8, 4) is 17.5 Å². The van der Waals surface area contributed by atoms with Gasteiger partial charge in [0.25, 0.3) is 5.89 Å². The molecule has 20 heavy (non-hydrogen) atoms. The van der Waals surface area contributed by atoms with Gasteiger partial charge in [-0.1, -0.05) is 5.16 Å². The number of hydrogen-bond acceptors (Lipinski definition) is 6. The van der Waals surface area contributed by atoms with Gasteiger partial charge < -0.3 is 4.52 Å². The molecule has 5 nitrogen and oxygen atoms in total. The van der Waals surface area contributed by atoms with Crippen molar-refractivity contribution >= 4 is 11.8 Å². The Morgan fingerprint density at radius 1 is 1.40 bits per heavy atom. The molecule has 1 fully saturated rings. The van der Waals surface area contributed by atoms with E-state index in [2.05, 4.69) is 28.2 Å². The third-order valence-corrected chi connectivity index (χ3v) is 4.42. The molecule has 0 aliphatic carbocycles. The monoisotopic (exact) mass is 286 g/mol. The number of benzene rings is 1. The van der Waals surface area contributed by atoms with E-state index in [1.165, 1.54) is 0 Å². The number of thioether (sulfide) groups is 1. The second-order valence-electron chi connectivity index (χ2n) is 4.72. The Morgan fingerprint density at radius 3 is 2.90 bits per heavy atom. The molecule has 1 saturated heterocycles. The molecule has 1 aliphatic heterocycles. The van der Waals surface area contributed by atoms with Crippen molar-refractivity contribution in [2.75, 3.05) is 25.1 Å². The Balaban J connectivity index is 1.84. The summed E-state index contributed by atoms with van der Waals surface area (Å²) in [5.74, 6) is 3.38. The summed E-state index contributed by atoms with van der Waals surface area (Å²) in [5.41, 5.74) is 1.46. The first kappa shape index (κ1) is 13.2. The lowest BCUT2D eigenvalue weighted by Crippen LogP contribution is -2.33. The maximum absolute atomic E-state index is 8.79. The lowest BCUT2D eigenvalue weighted by atomic mass is 10.1. The van der Waals surface area contributed by atoms with E-state index in [1.807, 2.05) is 23.9 Å². The van der Waals surface area contributed by atoms with Crippen LogP contribution in [0.2, 0.25) is 0 Å². The van der Waals surface area contributed by atoms with Crippen molar-refractivity contribution in [3.63, 3.8) is 0 Å². The van der Waals surface area contributed by atoms with Crippen LogP contribution in [0.3, 0.4) is 0 Å². The Hall–Kier alpha value is -1.84. The van der Waals surface area contributed by atoms with Crippen molar-refractivity contribution in [3.05, 3.63) is 35.7 Å². The van der Waals surface area contributed by atoms with Gasteiger partial charge in [-0.15, -0.1) is 0 Å². The topological polar surface area (TPSA) is 66.0 Å². The molecular weight excluding hydrogens is 272 g/mol. The summed E-state index contributed by atoms with van der Waals surface area (Å²) in [6.45, 7) is 1.04. The maximum Gasteiger partial charge on any atom is 0.257 e. The Kier molecular flexibility index (Phi) is 3.72. The number of rotatable bonds is 2. The minimum absolute atomic E-state index is 0.213. The van der Waals surface area contributed by atoms with Gasteiger partial charge in [0.2, 0.25) is 0 Å². The fraction of sp³-hybridized carbons (Fsp3) is 0.357. The summed E-state index contributed by atoms with van der Waals surface area (Å²) in [6, 6.07) is 9.47. The normalized spacial score (nSPS) is 19.7. The molecule has 102 valence electrons. The molecule has 1 unspecified atom stereocenters. The third kappa shape index (κ3) is 2.55. The summed E-state index contributed by atoms with van der Waals surface area (Å²) in [7, 11) is 2.09. The first-order valence-electron chi connectivity index (χ1n) is 6.40. The van der Waals surface area contributed by atoms with E-state index >= 15 is 0 Å². The van der Waals surface area contributed by atoms with Crippen molar-refractivity contribution in [2.24, 2.45) is 0 Å². The minimum atomic E-state index is 0.213. The molecule has 0 spiro atoms. The van der Waals surface area contributed by atoms with Gasteiger partial charge in [-0.2, -0.15) is 22.0 Å². The van der Waals surface area contributed by atoms with Crippen LogP contribution in [-0.4, -0.2) is 40.1 Å². The van der Waals surface area contributed by atoms with Crippen LogP contribution in [0.5, 0.6) is 0 Å². The molecular formula is C14H14N4OS. The number of nitrogens with zero attached hydrogens (tertiary/aromatic N) is 4. The molecule has 1 aliphatic rings. The van der Waals surface area contributed by atoms with Crippen molar-refractivity contribution in [1.82, 2.24) is 15.0 Å². The molecule has 0 amide bonds. The van der Waals surface area contributed by atoms with Gasteiger partial charge in [0.05, 0.1) is 17.7 Å². The zero-order valence-corrected chi connectivity index (χ0v) is 11.9. The summed E-state index contributed by atoms with van der Waals surface area (Å²) in [4.78, 5) is 6.75.